The van der Waals surface area contributed by atoms with Crippen molar-refractivity contribution in [2.75, 3.05) is 13.2 Å². The maximum atomic E-state index is 6.98. The summed E-state index contributed by atoms with van der Waals surface area (Å²) in [5, 5.41) is 0.380. The molecule has 0 aromatic heterocycles. The minimum absolute atomic E-state index is 0.147. The Bertz CT molecular complexity index is 593. The van der Waals surface area contributed by atoms with Crippen molar-refractivity contribution in [3.63, 3.8) is 0 Å². The molecule has 0 amide bonds. The zero-order valence-electron chi connectivity index (χ0n) is 22.1. The van der Waals surface area contributed by atoms with E-state index in [9.17, 15) is 0 Å². The molecule has 0 aromatic carbocycles. The lowest BCUT2D eigenvalue weighted by Crippen LogP contribution is -2.65. The molecule has 0 unspecified atom stereocenters. The topological polar surface area (TPSA) is 36.9 Å². The summed E-state index contributed by atoms with van der Waals surface area (Å²) in [5.74, 6) is 0.0759. The molecule has 0 N–H and O–H groups in total. The first-order valence-electron chi connectivity index (χ1n) is 12.0. The van der Waals surface area contributed by atoms with E-state index in [0.29, 0.717) is 19.1 Å². The van der Waals surface area contributed by atoms with Crippen LogP contribution in [0.3, 0.4) is 0 Å². The lowest BCUT2D eigenvalue weighted by atomic mass is 9.75. The molecule has 6 heteroatoms. The Hall–Kier alpha value is 0.274. The molecular formula is C24H50O4Si2. The van der Waals surface area contributed by atoms with Gasteiger partial charge in [-0.25, -0.2) is 0 Å². The molecule has 0 aromatic rings. The molecule has 30 heavy (non-hydrogen) atoms. The summed E-state index contributed by atoms with van der Waals surface area (Å²) in [6.45, 7) is 31.4. The molecule has 178 valence electrons. The predicted molar refractivity (Wildman–Crippen MR) is 131 cm³/mol. The summed E-state index contributed by atoms with van der Waals surface area (Å²) in [6, 6.07) is 0. The van der Waals surface area contributed by atoms with Crippen LogP contribution in [0.2, 0.25) is 36.3 Å². The number of hydrogen-bond donors (Lipinski definition) is 0. The predicted octanol–water partition coefficient (Wildman–Crippen LogP) is 6.82. The summed E-state index contributed by atoms with van der Waals surface area (Å²) in [5.41, 5.74) is 0. The van der Waals surface area contributed by atoms with Crippen LogP contribution in [0.15, 0.2) is 0 Å². The highest BCUT2D eigenvalue weighted by atomic mass is 28.4. The number of rotatable bonds is 4. The van der Waals surface area contributed by atoms with Crippen LogP contribution in [0, 0.1) is 17.8 Å². The second kappa shape index (κ2) is 8.56. The first kappa shape index (κ1) is 26.5. The number of hydrogen-bond acceptors (Lipinski definition) is 4. The van der Waals surface area contributed by atoms with E-state index >= 15 is 0 Å². The van der Waals surface area contributed by atoms with Gasteiger partial charge < -0.3 is 18.3 Å². The van der Waals surface area contributed by atoms with E-state index in [1.165, 1.54) is 0 Å². The molecule has 2 fully saturated rings. The fourth-order valence-electron chi connectivity index (χ4n) is 4.36. The molecule has 0 radical (unpaired) electrons. The molecule has 4 nitrogen and oxygen atoms in total. The molecule has 0 aliphatic carbocycles. The highest BCUT2D eigenvalue weighted by molar-refractivity contribution is 6.74. The monoisotopic (exact) mass is 458 g/mol. The van der Waals surface area contributed by atoms with Gasteiger partial charge in [-0.3, -0.25) is 0 Å². The van der Waals surface area contributed by atoms with Crippen LogP contribution < -0.4 is 0 Å². The Morgan fingerprint density at radius 2 is 1.27 bits per heavy atom. The maximum absolute atomic E-state index is 6.98. The summed E-state index contributed by atoms with van der Waals surface area (Å²) in [4.78, 5) is 0. The van der Waals surface area contributed by atoms with Crippen molar-refractivity contribution in [2.45, 2.75) is 123 Å². The van der Waals surface area contributed by atoms with E-state index in [4.69, 9.17) is 18.3 Å². The van der Waals surface area contributed by atoms with Gasteiger partial charge >= 0.3 is 0 Å². The number of ether oxygens (including phenoxy) is 2. The van der Waals surface area contributed by atoms with Crippen LogP contribution in [0.4, 0.5) is 0 Å². The summed E-state index contributed by atoms with van der Waals surface area (Å²) >= 11 is 0. The fourth-order valence-corrected chi connectivity index (χ4v) is 7.26. The molecule has 2 aliphatic rings. The second-order valence-electron chi connectivity index (χ2n) is 13.0. The van der Waals surface area contributed by atoms with Gasteiger partial charge in [0.05, 0.1) is 25.4 Å². The average Bonchev–Trinajstić information content (AvgIpc) is 2.56. The van der Waals surface area contributed by atoms with E-state index in [1.54, 1.807) is 0 Å². The molecule has 2 rings (SSSR count). The van der Waals surface area contributed by atoms with Gasteiger partial charge in [0.1, 0.15) is 0 Å². The molecule has 6 atom stereocenters. The SMILES string of the molecule is C[C@@H]1[C@H](O[Si](C)(C)C(C)(C)C)[C@@H](C)CO[C@@]12OCC[C@@H](O[Si](C)(C)C(C)(C)C)[C@@H]2C. The Labute approximate surface area is 189 Å². The van der Waals surface area contributed by atoms with E-state index in [1.807, 2.05) is 0 Å². The van der Waals surface area contributed by atoms with Gasteiger partial charge in [0, 0.05) is 17.8 Å². The third kappa shape index (κ3) is 4.94. The zero-order valence-corrected chi connectivity index (χ0v) is 24.1. The van der Waals surface area contributed by atoms with Gasteiger partial charge in [0.15, 0.2) is 22.4 Å². The molecule has 2 aliphatic heterocycles. The van der Waals surface area contributed by atoms with E-state index in [2.05, 4.69) is 88.5 Å². The van der Waals surface area contributed by atoms with Gasteiger partial charge in [-0.2, -0.15) is 0 Å². The van der Waals surface area contributed by atoms with Crippen LogP contribution >= 0.6 is 0 Å². The largest absolute Gasteiger partial charge is 0.413 e. The van der Waals surface area contributed by atoms with Gasteiger partial charge in [0.25, 0.3) is 0 Å². The van der Waals surface area contributed by atoms with Crippen molar-refractivity contribution < 1.29 is 18.3 Å². The summed E-state index contributed by atoms with van der Waals surface area (Å²) in [6.07, 6.45) is 1.26. The van der Waals surface area contributed by atoms with Gasteiger partial charge in [-0.15, -0.1) is 0 Å². The molecule has 1 spiro atoms. The van der Waals surface area contributed by atoms with Gasteiger partial charge in [-0.05, 0) is 42.7 Å². The van der Waals surface area contributed by atoms with Crippen molar-refractivity contribution in [1.82, 2.24) is 0 Å². The zero-order chi connectivity index (χ0) is 23.3. The Balaban J connectivity index is 2.29. The van der Waals surface area contributed by atoms with Gasteiger partial charge in [0.2, 0.25) is 0 Å². The first-order chi connectivity index (χ1) is 13.4. The van der Waals surface area contributed by atoms with E-state index < -0.39 is 22.4 Å². The average molecular weight is 459 g/mol. The van der Waals surface area contributed by atoms with Crippen molar-refractivity contribution in [1.29, 1.82) is 0 Å². The highest BCUT2D eigenvalue weighted by Gasteiger charge is 2.58. The van der Waals surface area contributed by atoms with Crippen molar-refractivity contribution in [2.24, 2.45) is 17.8 Å². The molecular weight excluding hydrogens is 408 g/mol. The Morgan fingerprint density at radius 3 is 1.77 bits per heavy atom. The normalized spacial score (nSPS) is 36.9. The molecule has 0 bridgehead atoms. The van der Waals surface area contributed by atoms with Crippen LogP contribution in [-0.2, 0) is 18.3 Å². The van der Waals surface area contributed by atoms with E-state index in [-0.39, 0.29) is 34.1 Å². The molecule has 2 saturated heterocycles. The summed E-state index contributed by atoms with van der Waals surface area (Å²) < 4.78 is 26.9. The quantitative estimate of drug-likeness (QED) is 0.433. The highest BCUT2D eigenvalue weighted by Crippen LogP contribution is 2.49. The Morgan fingerprint density at radius 1 is 0.767 bits per heavy atom. The van der Waals surface area contributed by atoms with E-state index in [0.717, 1.165) is 6.42 Å². The molecule has 0 saturated carbocycles. The third-order valence-corrected chi connectivity index (χ3v) is 17.6. The van der Waals surface area contributed by atoms with Crippen molar-refractivity contribution in [3.05, 3.63) is 0 Å². The molecule has 2 heterocycles. The third-order valence-electron chi connectivity index (χ3n) is 8.67. The van der Waals surface area contributed by atoms with Gasteiger partial charge in [-0.1, -0.05) is 62.3 Å². The van der Waals surface area contributed by atoms with Crippen molar-refractivity contribution >= 4 is 16.6 Å². The maximum Gasteiger partial charge on any atom is 0.192 e. The lowest BCUT2D eigenvalue weighted by Gasteiger charge is -2.57. The van der Waals surface area contributed by atoms with Crippen LogP contribution in [0.1, 0.15) is 68.7 Å². The summed E-state index contributed by atoms with van der Waals surface area (Å²) in [7, 11) is -3.76. The van der Waals surface area contributed by atoms with Crippen LogP contribution in [0.5, 0.6) is 0 Å². The minimum atomic E-state index is -1.89. The van der Waals surface area contributed by atoms with Crippen LogP contribution in [-0.4, -0.2) is 47.8 Å². The minimum Gasteiger partial charge on any atom is -0.413 e. The first-order valence-corrected chi connectivity index (χ1v) is 17.8. The standard InChI is InChI=1S/C24H50O4Si2/c1-17-16-26-24(19(3)21(17)28-30(12,13)23(7,8)9)18(2)20(14-15-25-24)27-29(10,11)22(4,5)6/h17-21H,14-16H2,1-13H3/t17-,18-,19+,20+,21+,24+/m0/s1. The van der Waals surface area contributed by atoms with Crippen LogP contribution in [0.25, 0.3) is 0 Å². The lowest BCUT2D eigenvalue weighted by molar-refractivity contribution is -0.356. The van der Waals surface area contributed by atoms with Crippen molar-refractivity contribution in [3.8, 4) is 0 Å². The fraction of sp³-hybridized carbons (Fsp3) is 1.00. The second-order valence-corrected chi connectivity index (χ2v) is 22.5. The smallest absolute Gasteiger partial charge is 0.192 e. The Kier molecular flexibility index (Phi) is 7.57.